The quantitative estimate of drug-likeness (QED) is 0.359. The van der Waals surface area contributed by atoms with E-state index in [4.69, 9.17) is 18.9 Å². The molecule has 8 atom stereocenters. The molecular formula is C35H39NO7. The Kier molecular flexibility index (Phi) is 5.54. The number of nitrogens with one attached hydrogen (secondary N) is 1. The lowest BCUT2D eigenvalue weighted by atomic mass is 9.44. The summed E-state index contributed by atoms with van der Waals surface area (Å²) in [5.74, 6) is -0.714. The van der Waals surface area contributed by atoms with E-state index in [1.807, 2.05) is 30.3 Å². The molecule has 4 fully saturated rings. The number of rotatable bonds is 5. The summed E-state index contributed by atoms with van der Waals surface area (Å²) < 4.78 is 25.1. The second-order valence-corrected chi connectivity index (χ2v) is 14.1. The lowest BCUT2D eigenvalue weighted by Crippen LogP contribution is -2.74. The van der Waals surface area contributed by atoms with Gasteiger partial charge in [-0.1, -0.05) is 45.0 Å². The summed E-state index contributed by atoms with van der Waals surface area (Å²) in [6.45, 7) is 10.7. The largest absolute Gasteiger partial charge is 0.458 e. The molecule has 2 aromatic carbocycles. The zero-order chi connectivity index (χ0) is 30.1. The molecule has 8 heteroatoms. The summed E-state index contributed by atoms with van der Waals surface area (Å²) >= 11 is 0. The van der Waals surface area contributed by atoms with Crippen LogP contribution in [0.4, 0.5) is 11.4 Å². The predicted molar refractivity (Wildman–Crippen MR) is 158 cm³/mol. The average Bonchev–Trinajstić information content (AvgIpc) is 3.86. The minimum Gasteiger partial charge on any atom is -0.458 e. The fourth-order valence-corrected chi connectivity index (χ4v) is 9.36. The first kappa shape index (κ1) is 27.4. The van der Waals surface area contributed by atoms with E-state index in [1.165, 1.54) is 0 Å². The van der Waals surface area contributed by atoms with Crippen molar-refractivity contribution in [3.8, 4) is 0 Å². The van der Waals surface area contributed by atoms with Crippen LogP contribution in [-0.2, 0) is 23.7 Å². The molecule has 1 spiro atoms. The maximum atomic E-state index is 14.2. The van der Waals surface area contributed by atoms with Gasteiger partial charge in [-0.25, -0.2) is 9.59 Å². The van der Waals surface area contributed by atoms with E-state index in [9.17, 15) is 14.7 Å². The van der Waals surface area contributed by atoms with E-state index in [-0.39, 0.29) is 36.6 Å². The summed E-state index contributed by atoms with van der Waals surface area (Å²) in [4.78, 5) is 26.6. The maximum Gasteiger partial charge on any atom is 0.340 e. The Labute approximate surface area is 251 Å². The van der Waals surface area contributed by atoms with Crippen LogP contribution in [0.2, 0.25) is 0 Å². The number of hydrogen-bond donors (Lipinski definition) is 2. The standard InChI is InChI=1S/C35H39NO7/c1-18(2)34-28(42-34)16-33(39)32(5)14-13-21-23(17-40-29(21)37)24(32)15-27-35(33,43-27)31(34)41-30(38)22-10-6-7-11-26(22)36-25-12-8-9-19(3)20(25)4/h6-12,18,24,27-28,31,36,39H,13-17H2,1-5H3. The molecule has 8 unspecified atom stereocenters. The van der Waals surface area contributed by atoms with Gasteiger partial charge in [0, 0.05) is 23.1 Å². The molecule has 8 rings (SSSR count). The number of fused-ring (bicyclic) bond motifs is 4. The van der Waals surface area contributed by atoms with Gasteiger partial charge in [0.25, 0.3) is 0 Å². The van der Waals surface area contributed by atoms with Crippen molar-refractivity contribution in [1.82, 2.24) is 0 Å². The average molecular weight is 586 g/mol. The Hall–Kier alpha value is -3.20. The number of benzene rings is 2. The lowest BCUT2D eigenvalue weighted by molar-refractivity contribution is -0.212. The molecule has 8 nitrogen and oxygen atoms in total. The van der Waals surface area contributed by atoms with Crippen LogP contribution in [-0.4, -0.2) is 58.8 Å². The highest BCUT2D eigenvalue weighted by Crippen LogP contribution is 2.76. The molecule has 2 saturated heterocycles. The van der Waals surface area contributed by atoms with Gasteiger partial charge in [0.05, 0.1) is 23.5 Å². The minimum absolute atomic E-state index is 0.0365. The molecule has 2 aromatic rings. The zero-order valence-electron chi connectivity index (χ0n) is 25.4. The van der Waals surface area contributed by atoms with Gasteiger partial charge in [0.2, 0.25) is 0 Å². The van der Waals surface area contributed by atoms with E-state index in [2.05, 4.69) is 46.0 Å². The highest BCUT2D eigenvalue weighted by Gasteiger charge is 2.91. The van der Waals surface area contributed by atoms with Crippen molar-refractivity contribution >= 4 is 23.3 Å². The fraction of sp³-hybridized carbons (Fsp3) is 0.543. The number of epoxide rings is 2. The molecule has 0 aromatic heterocycles. The van der Waals surface area contributed by atoms with Crippen LogP contribution >= 0.6 is 0 Å². The second-order valence-electron chi connectivity index (χ2n) is 14.1. The van der Waals surface area contributed by atoms with Crippen LogP contribution in [0, 0.1) is 31.1 Å². The zero-order valence-corrected chi connectivity index (χ0v) is 25.4. The molecule has 226 valence electrons. The highest BCUT2D eigenvalue weighted by atomic mass is 16.7. The first-order valence-electron chi connectivity index (χ1n) is 15.6. The fourth-order valence-electron chi connectivity index (χ4n) is 9.36. The van der Waals surface area contributed by atoms with Crippen molar-refractivity contribution in [1.29, 1.82) is 0 Å². The Morgan fingerprint density at radius 2 is 1.84 bits per heavy atom. The molecule has 6 aliphatic rings. The number of cyclic esters (lactones) is 1. The van der Waals surface area contributed by atoms with E-state index >= 15 is 0 Å². The van der Waals surface area contributed by atoms with Crippen LogP contribution in [0.15, 0.2) is 53.6 Å². The van der Waals surface area contributed by atoms with Crippen molar-refractivity contribution in [2.75, 3.05) is 11.9 Å². The van der Waals surface area contributed by atoms with Crippen LogP contribution in [0.5, 0.6) is 0 Å². The third-order valence-corrected chi connectivity index (χ3v) is 12.1. The first-order valence-corrected chi connectivity index (χ1v) is 15.6. The van der Waals surface area contributed by atoms with Gasteiger partial charge in [-0.3, -0.25) is 0 Å². The smallest absolute Gasteiger partial charge is 0.340 e. The van der Waals surface area contributed by atoms with E-state index in [1.54, 1.807) is 6.07 Å². The first-order chi connectivity index (χ1) is 20.5. The van der Waals surface area contributed by atoms with Gasteiger partial charge >= 0.3 is 11.9 Å². The van der Waals surface area contributed by atoms with Crippen molar-refractivity contribution in [2.45, 2.75) is 95.4 Å². The predicted octanol–water partition coefficient (Wildman–Crippen LogP) is 5.31. The Morgan fingerprint density at radius 3 is 2.63 bits per heavy atom. The molecule has 2 saturated carbocycles. The highest BCUT2D eigenvalue weighted by molar-refractivity contribution is 5.97. The van der Waals surface area contributed by atoms with Gasteiger partial charge < -0.3 is 29.4 Å². The van der Waals surface area contributed by atoms with Gasteiger partial charge in [-0.05, 0) is 79.8 Å². The number of esters is 2. The molecule has 2 N–H and O–H groups in total. The third kappa shape index (κ3) is 3.32. The molecule has 3 aliphatic carbocycles. The summed E-state index contributed by atoms with van der Waals surface area (Å²) in [7, 11) is 0. The number of hydrogen-bond acceptors (Lipinski definition) is 8. The summed E-state index contributed by atoms with van der Waals surface area (Å²) in [5.41, 5.74) is 2.31. The summed E-state index contributed by atoms with van der Waals surface area (Å²) in [6.07, 6.45) is 0.875. The molecule has 0 amide bonds. The number of carbonyl (C=O) groups is 2. The SMILES string of the molecule is Cc1cccc(Nc2ccccc2C(=O)OC2C3(C(C)C)OC3CC3(O)C4(C)CCC5=C(COC5=O)C4CC4OC423)c1C. The molecule has 43 heavy (non-hydrogen) atoms. The normalized spacial score (nSPS) is 40.0. The second kappa shape index (κ2) is 8.71. The van der Waals surface area contributed by atoms with Crippen LogP contribution in [0.3, 0.4) is 0 Å². The van der Waals surface area contributed by atoms with Gasteiger partial charge in [0.1, 0.15) is 17.8 Å². The van der Waals surface area contributed by atoms with Crippen molar-refractivity contribution in [3.63, 3.8) is 0 Å². The number of aliphatic hydroxyl groups is 1. The molecule has 3 aliphatic heterocycles. The van der Waals surface area contributed by atoms with Crippen molar-refractivity contribution < 1.29 is 33.6 Å². The molecule has 0 radical (unpaired) electrons. The molecule has 3 heterocycles. The van der Waals surface area contributed by atoms with E-state index < -0.39 is 34.3 Å². The van der Waals surface area contributed by atoms with Gasteiger partial charge in [0.15, 0.2) is 11.7 Å². The minimum atomic E-state index is -1.31. The van der Waals surface area contributed by atoms with Crippen LogP contribution in [0.1, 0.15) is 67.9 Å². The van der Waals surface area contributed by atoms with Crippen LogP contribution < -0.4 is 5.32 Å². The monoisotopic (exact) mass is 585 g/mol. The van der Waals surface area contributed by atoms with E-state index in [0.29, 0.717) is 36.9 Å². The Morgan fingerprint density at radius 1 is 1.07 bits per heavy atom. The number of anilines is 2. The number of aryl methyl sites for hydroxylation is 1. The van der Waals surface area contributed by atoms with Crippen molar-refractivity contribution in [2.24, 2.45) is 17.3 Å². The molecular weight excluding hydrogens is 546 g/mol. The van der Waals surface area contributed by atoms with E-state index in [0.717, 1.165) is 28.0 Å². The summed E-state index contributed by atoms with van der Waals surface area (Å²) in [6, 6.07) is 13.4. The lowest BCUT2D eigenvalue weighted by Gasteiger charge is -2.60. The Balaban J connectivity index is 1.17. The van der Waals surface area contributed by atoms with Gasteiger partial charge in [-0.2, -0.15) is 0 Å². The topological polar surface area (TPSA) is 110 Å². The van der Waals surface area contributed by atoms with Gasteiger partial charge in [-0.15, -0.1) is 0 Å². The Bertz CT molecular complexity index is 1610. The molecule has 0 bridgehead atoms. The summed E-state index contributed by atoms with van der Waals surface area (Å²) in [5, 5.41) is 16.4. The number of carbonyl (C=O) groups excluding carboxylic acids is 2. The maximum absolute atomic E-state index is 14.2. The van der Waals surface area contributed by atoms with Crippen LogP contribution in [0.25, 0.3) is 0 Å². The third-order valence-electron chi connectivity index (χ3n) is 12.1. The van der Waals surface area contributed by atoms with Crippen molar-refractivity contribution in [3.05, 3.63) is 70.3 Å². The number of para-hydroxylation sites is 1. The number of ether oxygens (including phenoxy) is 4.